The van der Waals surface area contributed by atoms with E-state index in [-0.39, 0.29) is 5.75 Å². The van der Waals surface area contributed by atoms with E-state index in [1.54, 1.807) is 11.4 Å². The summed E-state index contributed by atoms with van der Waals surface area (Å²) >= 11 is 4.65. The van der Waals surface area contributed by atoms with Gasteiger partial charge in [0.15, 0.2) is 6.29 Å². The molecule has 0 saturated heterocycles. The van der Waals surface area contributed by atoms with E-state index < -0.39 is 0 Å². The number of hydrogen-bond acceptors (Lipinski definition) is 3. The number of aromatic hydroxyl groups is 1. The lowest BCUT2D eigenvalue weighted by Gasteiger charge is -1.98. The molecule has 2 nitrogen and oxygen atoms in total. The van der Waals surface area contributed by atoms with Gasteiger partial charge in [-0.25, -0.2) is 0 Å². The zero-order valence-corrected chi connectivity index (χ0v) is 8.85. The van der Waals surface area contributed by atoms with Gasteiger partial charge in [0.2, 0.25) is 0 Å². The largest absolute Gasteiger partial charge is 0.506 e. The predicted octanol–water partition coefficient (Wildman–Crippen LogP) is 3.18. The first-order chi connectivity index (χ1) is 6.24. The third kappa shape index (κ3) is 1.26. The fourth-order valence-corrected chi connectivity index (χ4v) is 2.43. The standard InChI is InChI=1S/C9H5BrO2S/c10-6-1-2-7-8(9(6)12)5(3-11)4-13-7/h1-4,12H. The average Bonchev–Trinajstić information content (AvgIpc) is 2.55. The third-order valence-corrected chi connectivity index (χ3v) is 3.42. The molecule has 0 radical (unpaired) electrons. The van der Waals surface area contributed by atoms with Crippen molar-refractivity contribution in [3.8, 4) is 5.75 Å². The van der Waals surface area contributed by atoms with Gasteiger partial charge in [-0.3, -0.25) is 4.79 Å². The molecule has 2 aromatic rings. The normalized spacial score (nSPS) is 10.5. The number of rotatable bonds is 1. The van der Waals surface area contributed by atoms with Gasteiger partial charge in [0.25, 0.3) is 0 Å². The molecule has 0 aliphatic rings. The third-order valence-electron chi connectivity index (χ3n) is 1.82. The van der Waals surface area contributed by atoms with Crippen LogP contribution in [0.1, 0.15) is 10.4 Å². The van der Waals surface area contributed by atoms with Gasteiger partial charge in [-0.05, 0) is 28.1 Å². The van der Waals surface area contributed by atoms with Crippen LogP contribution in [0.5, 0.6) is 5.75 Å². The van der Waals surface area contributed by atoms with Gasteiger partial charge in [0.1, 0.15) is 5.75 Å². The number of hydrogen-bond donors (Lipinski definition) is 1. The molecule has 1 aromatic heterocycles. The molecule has 0 aliphatic carbocycles. The minimum absolute atomic E-state index is 0.140. The van der Waals surface area contributed by atoms with Crippen LogP contribution >= 0.6 is 27.3 Å². The summed E-state index contributed by atoms with van der Waals surface area (Å²) in [7, 11) is 0. The summed E-state index contributed by atoms with van der Waals surface area (Å²) in [5.41, 5.74) is 0.541. The van der Waals surface area contributed by atoms with Crippen molar-refractivity contribution in [2.24, 2.45) is 0 Å². The molecule has 13 heavy (non-hydrogen) atoms. The van der Waals surface area contributed by atoms with Gasteiger partial charge in [-0.15, -0.1) is 11.3 Å². The fraction of sp³-hybridized carbons (Fsp3) is 0. The molecule has 0 atom stereocenters. The van der Waals surface area contributed by atoms with Crippen LogP contribution in [0.15, 0.2) is 22.0 Å². The van der Waals surface area contributed by atoms with E-state index in [9.17, 15) is 9.90 Å². The Labute approximate surface area is 86.9 Å². The Morgan fingerprint density at radius 3 is 2.92 bits per heavy atom. The number of phenols is 1. The van der Waals surface area contributed by atoms with Crippen LogP contribution in [0, 0.1) is 0 Å². The molecular weight excluding hydrogens is 252 g/mol. The van der Waals surface area contributed by atoms with E-state index in [2.05, 4.69) is 15.9 Å². The molecule has 0 unspecified atom stereocenters. The van der Waals surface area contributed by atoms with Crippen LogP contribution in [-0.4, -0.2) is 11.4 Å². The number of benzene rings is 1. The van der Waals surface area contributed by atoms with Crippen LogP contribution in [0.4, 0.5) is 0 Å². The summed E-state index contributed by atoms with van der Waals surface area (Å²) in [6, 6.07) is 3.64. The highest BCUT2D eigenvalue weighted by atomic mass is 79.9. The number of aldehydes is 1. The molecule has 1 N–H and O–H groups in total. The number of carbonyl (C=O) groups is 1. The maximum absolute atomic E-state index is 10.6. The first-order valence-corrected chi connectivity index (χ1v) is 5.25. The molecular formula is C9H5BrO2S. The second-order valence-electron chi connectivity index (χ2n) is 2.58. The number of carbonyl (C=O) groups excluding carboxylic acids is 1. The highest BCUT2D eigenvalue weighted by Crippen LogP contribution is 2.37. The van der Waals surface area contributed by atoms with E-state index in [1.165, 1.54) is 11.3 Å². The summed E-state index contributed by atoms with van der Waals surface area (Å²) in [5, 5.41) is 12.0. The van der Waals surface area contributed by atoms with E-state index in [0.29, 0.717) is 15.4 Å². The van der Waals surface area contributed by atoms with E-state index in [1.807, 2.05) is 6.07 Å². The molecule has 0 saturated carbocycles. The van der Waals surface area contributed by atoms with Gasteiger partial charge in [0, 0.05) is 21.0 Å². The Morgan fingerprint density at radius 1 is 1.46 bits per heavy atom. The fourth-order valence-electron chi connectivity index (χ4n) is 1.20. The molecule has 4 heteroatoms. The topological polar surface area (TPSA) is 37.3 Å². The Morgan fingerprint density at radius 2 is 2.23 bits per heavy atom. The van der Waals surface area contributed by atoms with Crippen LogP contribution in [-0.2, 0) is 0 Å². The highest BCUT2D eigenvalue weighted by molar-refractivity contribution is 9.10. The molecule has 1 heterocycles. The van der Waals surface area contributed by atoms with Crippen molar-refractivity contribution in [3.63, 3.8) is 0 Å². The Kier molecular flexibility index (Phi) is 2.09. The second-order valence-corrected chi connectivity index (χ2v) is 4.34. The van der Waals surface area contributed by atoms with Crippen LogP contribution in [0.3, 0.4) is 0 Å². The molecule has 0 aliphatic heterocycles. The van der Waals surface area contributed by atoms with Crippen LogP contribution in [0.25, 0.3) is 10.1 Å². The Hall–Kier alpha value is -0.870. The molecule has 0 fully saturated rings. The lowest BCUT2D eigenvalue weighted by molar-refractivity contribution is 0.112. The summed E-state index contributed by atoms with van der Waals surface area (Å²) in [6.07, 6.45) is 0.755. The van der Waals surface area contributed by atoms with E-state index in [4.69, 9.17) is 0 Å². The van der Waals surface area contributed by atoms with Crippen molar-refractivity contribution < 1.29 is 9.90 Å². The number of fused-ring (bicyclic) bond motifs is 1. The van der Waals surface area contributed by atoms with E-state index in [0.717, 1.165) is 11.0 Å². The molecule has 0 bridgehead atoms. The predicted molar refractivity (Wildman–Crippen MR) is 56.6 cm³/mol. The highest BCUT2D eigenvalue weighted by Gasteiger charge is 2.09. The van der Waals surface area contributed by atoms with Gasteiger partial charge < -0.3 is 5.11 Å². The molecule has 0 amide bonds. The minimum Gasteiger partial charge on any atom is -0.506 e. The summed E-state index contributed by atoms with van der Waals surface area (Å²) in [6.45, 7) is 0. The first kappa shape index (κ1) is 8.72. The summed E-state index contributed by atoms with van der Waals surface area (Å²) in [5.74, 6) is 0.140. The number of halogens is 1. The Bertz CT molecular complexity index is 476. The van der Waals surface area contributed by atoms with Crippen molar-refractivity contribution in [2.45, 2.75) is 0 Å². The smallest absolute Gasteiger partial charge is 0.151 e. The van der Waals surface area contributed by atoms with Gasteiger partial charge in [-0.2, -0.15) is 0 Å². The number of phenolic OH excluding ortho intramolecular Hbond substituents is 1. The molecule has 2 rings (SSSR count). The van der Waals surface area contributed by atoms with E-state index >= 15 is 0 Å². The SMILES string of the molecule is O=Cc1csc2ccc(Br)c(O)c12. The monoisotopic (exact) mass is 256 g/mol. The lowest BCUT2D eigenvalue weighted by atomic mass is 10.2. The van der Waals surface area contributed by atoms with Crippen LogP contribution < -0.4 is 0 Å². The molecule has 1 aromatic carbocycles. The number of thiophene rings is 1. The molecule has 0 spiro atoms. The average molecular weight is 257 g/mol. The lowest BCUT2D eigenvalue weighted by Crippen LogP contribution is -1.77. The maximum Gasteiger partial charge on any atom is 0.151 e. The van der Waals surface area contributed by atoms with Crippen molar-refractivity contribution in [1.82, 2.24) is 0 Å². The zero-order valence-electron chi connectivity index (χ0n) is 6.45. The maximum atomic E-state index is 10.6. The summed E-state index contributed by atoms with van der Waals surface area (Å²) < 4.78 is 1.53. The first-order valence-electron chi connectivity index (χ1n) is 3.58. The molecule has 66 valence electrons. The van der Waals surface area contributed by atoms with Crippen molar-refractivity contribution in [3.05, 3.63) is 27.5 Å². The quantitative estimate of drug-likeness (QED) is 0.796. The minimum atomic E-state index is 0.140. The second kappa shape index (κ2) is 3.12. The van der Waals surface area contributed by atoms with Crippen molar-refractivity contribution in [2.75, 3.05) is 0 Å². The zero-order chi connectivity index (χ0) is 9.42. The van der Waals surface area contributed by atoms with Crippen molar-refractivity contribution in [1.29, 1.82) is 0 Å². The van der Waals surface area contributed by atoms with Crippen molar-refractivity contribution >= 4 is 43.6 Å². The van der Waals surface area contributed by atoms with Gasteiger partial charge in [-0.1, -0.05) is 0 Å². The van der Waals surface area contributed by atoms with Gasteiger partial charge >= 0.3 is 0 Å². The summed E-state index contributed by atoms with van der Waals surface area (Å²) in [4.78, 5) is 10.6. The Balaban J connectivity index is 2.93. The van der Waals surface area contributed by atoms with Gasteiger partial charge in [0.05, 0.1) is 4.47 Å². The van der Waals surface area contributed by atoms with Crippen LogP contribution in [0.2, 0.25) is 0 Å².